The van der Waals surface area contributed by atoms with E-state index in [4.69, 9.17) is 0 Å². The van der Waals surface area contributed by atoms with Crippen molar-refractivity contribution in [3.63, 3.8) is 0 Å². The van der Waals surface area contributed by atoms with E-state index >= 15 is 0 Å². The third-order valence-electron chi connectivity index (χ3n) is 4.28. The van der Waals surface area contributed by atoms with Gasteiger partial charge in [-0.1, -0.05) is 54.6 Å². The number of carbonyl (C=O) groups excluding carboxylic acids is 1. The van der Waals surface area contributed by atoms with E-state index in [0.717, 1.165) is 35.4 Å². The van der Waals surface area contributed by atoms with Gasteiger partial charge >= 0.3 is 6.18 Å². The van der Waals surface area contributed by atoms with E-state index in [1.165, 1.54) is 18.2 Å². The Morgan fingerprint density at radius 3 is 2.60 bits per heavy atom. The van der Waals surface area contributed by atoms with Gasteiger partial charge in [-0.25, -0.2) is 0 Å². The number of nitrogens with zero attached hydrogens (tertiary/aromatic N) is 3. The predicted molar refractivity (Wildman–Crippen MR) is 111 cm³/mol. The second kappa shape index (κ2) is 9.34. The fraction of sp³-hybridized carbons (Fsp3) is 0.286. The van der Waals surface area contributed by atoms with Gasteiger partial charge in [0.05, 0.1) is 17.0 Å². The SMILES string of the molecule is CCCn1c(SCC(=O)Nc2ccccc2C(F)(F)F)nnc1-c1cccc(C)c1. The molecule has 1 aromatic heterocycles. The molecule has 3 rings (SSSR count). The topological polar surface area (TPSA) is 59.8 Å². The summed E-state index contributed by atoms with van der Waals surface area (Å²) in [5.74, 6) is 0.0766. The van der Waals surface area contributed by atoms with Crippen molar-refractivity contribution in [1.29, 1.82) is 0 Å². The third-order valence-corrected chi connectivity index (χ3v) is 5.25. The van der Waals surface area contributed by atoms with Gasteiger partial charge in [0, 0.05) is 12.1 Å². The second-order valence-electron chi connectivity index (χ2n) is 6.71. The number of anilines is 1. The van der Waals surface area contributed by atoms with Crippen LogP contribution in [0.15, 0.2) is 53.7 Å². The molecule has 0 fully saturated rings. The molecule has 5 nitrogen and oxygen atoms in total. The van der Waals surface area contributed by atoms with E-state index in [1.54, 1.807) is 0 Å². The molecule has 30 heavy (non-hydrogen) atoms. The number of nitrogens with one attached hydrogen (secondary N) is 1. The fourth-order valence-electron chi connectivity index (χ4n) is 2.97. The van der Waals surface area contributed by atoms with E-state index in [9.17, 15) is 18.0 Å². The van der Waals surface area contributed by atoms with Crippen molar-refractivity contribution >= 4 is 23.4 Å². The first kappa shape index (κ1) is 21.9. The van der Waals surface area contributed by atoms with Gasteiger partial charge in [0.25, 0.3) is 0 Å². The lowest BCUT2D eigenvalue weighted by Gasteiger charge is -2.13. The summed E-state index contributed by atoms with van der Waals surface area (Å²) < 4.78 is 41.2. The Bertz CT molecular complexity index is 1030. The standard InChI is InChI=1S/C21H21F3N4OS/c1-3-11-28-19(15-8-6-7-14(2)12-15)26-27-20(28)30-13-18(29)25-17-10-5-4-9-16(17)21(22,23)24/h4-10,12H,3,11,13H2,1-2H3,(H,25,29). The van der Waals surface area contributed by atoms with Gasteiger partial charge in [-0.15, -0.1) is 10.2 Å². The Balaban J connectivity index is 1.74. The molecule has 0 atom stereocenters. The van der Waals surface area contributed by atoms with E-state index in [0.29, 0.717) is 17.5 Å². The van der Waals surface area contributed by atoms with Crippen molar-refractivity contribution in [3.05, 3.63) is 59.7 Å². The number of halogens is 3. The number of thioether (sulfide) groups is 1. The number of para-hydroxylation sites is 1. The van der Waals surface area contributed by atoms with Gasteiger partial charge in [0.1, 0.15) is 0 Å². The van der Waals surface area contributed by atoms with E-state index in [-0.39, 0.29) is 11.4 Å². The van der Waals surface area contributed by atoms with Gasteiger partial charge < -0.3 is 9.88 Å². The minimum atomic E-state index is -4.54. The summed E-state index contributed by atoms with van der Waals surface area (Å²) in [7, 11) is 0. The van der Waals surface area contributed by atoms with E-state index < -0.39 is 17.6 Å². The maximum Gasteiger partial charge on any atom is 0.418 e. The first-order valence-electron chi connectivity index (χ1n) is 9.38. The third kappa shape index (κ3) is 5.21. The minimum Gasteiger partial charge on any atom is -0.325 e. The maximum atomic E-state index is 13.1. The van der Waals surface area contributed by atoms with Crippen molar-refractivity contribution in [3.8, 4) is 11.4 Å². The van der Waals surface area contributed by atoms with Crippen LogP contribution in [-0.4, -0.2) is 26.4 Å². The number of rotatable bonds is 7. The van der Waals surface area contributed by atoms with Crippen LogP contribution in [0.3, 0.4) is 0 Å². The van der Waals surface area contributed by atoms with Crippen LogP contribution >= 0.6 is 11.8 Å². The summed E-state index contributed by atoms with van der Waals surface area (Å²) in [4.78, 5) is 12.3. The average Bonchev–Trinajstić information content (AvgIpc) is 3.09. The van der Waals surface area contributed by atoms with E-state index in [1.807, 2.05) is 42.7 Å². The number of aromatic nitrogens is 3. The number of hydrogen-bond acceptors (Lipinski definition) is 4. The molecule has 2 aromatic carbocycles. The Morgan fingerprint density at radius 2 is 1.90 bits per heavy atom. The molecular formula is C21H21F3N4OS. The average molecular weight is 434 g/mol. The van der Waals surface area contributed by atoms with Gasteiger partial charge in [0.2, 0.25) is 5.91 Å². The molecule has 9 heteroatoms. The summed E-state index contributed by atoms with van der Waals surface area (Å²) in [5, 5.41) is 11.4. The molecule has 158 valence electrons. The largest absolute Gasteiger partial charge is 0.418 e. The van der Waals surface area contributed by atoms with Crippen LogP contribution in [0.2, 0.25) is 0 Å². The van der Waals surface area contributed by atoms with Crippen LogP contribution in [0.4, 0.5) is 18.9 Å². The van der Waals surface area contributed by atoms with Crippen molar-refractivity contribution in [2.24, 2.45) is 0 Å². The summed E-state index contributed by atoms with van der Waals surface area (Å²) in [6, 6.07) is 12.8. The van der Waals surface area contributed by atoms with Gasteiger partial charge in [-0.2, -0.15) is 13.2 Å². The molecule has 1 N–H and O–H groups in total. The number of benzene rings is 2. The first-order chi connectivity index (χ1) is 14.3. The molecular weight excluding hydrogens is 413 g/mol. The molecule has 0 aliphatic carbocycles. The van der Waals surface area contributed by atoms with Crippen LogP contribution < -0.4 is 5.32 Å². The first-order valence-corrected chi connectivity index (χ1v) is 10.4. The zero-order valence-corrected chi connectivity index (χ0v) is 17.3. The summed E-state index contributed by atoms with van der Waals surface area (Å²) in [5.41, 5.74) is 0.882. The summed E-state index contributed by atoms with van der Waals surface area (Å²) in [6.07, 6.45) is -3.70. The number of carbonyl (C=O) groups is 1. The quantitative estimate of drug-likeness (QED) is 0.505. The highest BCUT2D eigenvalue weighted by molar-refractivity contribution is 7.99. The number of hydrogen-bond donors (Lipinski definition) is 1. The number of alkyl halides is 3. The van der Waals surface area contributed by atoms with Crippen LogP contribution in [0.25, 0.3) is 11.4 Å². The van der Waals surface area contributed by atoms with E-state index in [2.05, 4.69) is 15.5 Å². The Labute approximate surface area is 176 Å². The van der Waals surface area contributed by atoms with Gasteiger partial charge in [0.15, 0.2) is 11.0 Å². The Kier molecular flexibility index (Phi) is 6.81. The Morgan fingerprint density at radius 1 is 1.13 bits per heavy atom. The lowest BCUT2D eigenvalue weighted by atomic mass is 10.1. The normalized spacial score (nSPS) is 11.5. The molecule has 0 saturated carbocycles. The smallest absolute Gasteiger partial charge is 0.325 e. The molecule has 0 unspecified atom stereocenters. The minimum absolute atomic E-state index is 0.0815. The van der Waals surface area contributed by atoms with Crippen LogP contribution in [0.1, 0.15) is 24.5 Å². The monoisotopic (exact) mass is 434 g/mol. The van der Waals surface area contributed by atoms with Crippen molar-refractivity contribution < 1.29 is 18.0 Å². The molecule has 1 heterocycles. The molecule has 3 aromatic rings. The highest BCUT2D eigenvalue weighted by Gasteiger charge is 2.33. The maximum absolute atomic E-state index is 13.1. The molecule has 0 spiro atoms. The lowest BCUT2D eigenvalue weighted by molar-refractivity contribution is -0.137. The zero-order valence-electron chi connectivity index (χ0n) is 16.5. The molecule has 0 aliphatic heterocycles. The highest BCUT2D eigenvalue weighted by Crippen LogP contribution is 2.34. The summed E-state index contributed by atoms with van der Waals surface area (Å²) in [6.45, 7) is 4.68. The highest BCUT2D eigenvalue weighted by atomic mass is 32.2. The number of aryl methyl sites for hydroxylation is 1. The molecule has 0 aliphatic rings. The molecule has 1 amide bonds. The van der Waals surface area contributed by atoms with Crippen molar-refractivity contribution in [2.45, 2.75) is 38.1 Å². The van der Waals surface area contributed by atoms with Gasteiger partial charge in [-0.3, -0.25) is 4.79 Å². The zero-order chi connectivity index (χ0) is 21.7. The van der Waals surface area contributed by atoms with Gasteiger partial charge in [-0.05, 0) is 31.5 Å². The second-order valence-corrected chi connectivity index (χ2v) is 7.65. The Hall–Kier alpha value is -2.81. The fourth-order valence-corrected chi connectivity index (χ4v) is 3.74. The van der Waals surface area contributed by atoms with Crippen LogP contribution in [0, 0.1) is 6.92 Å². The number of amides is 1. The summed E-state index contributed by atoms with van der Waals surface area (Å²) >= 11 is 1.14. The lowest BCUT2D eigenvalue weighted by Crippen LogP contribution is -2.18. The molecule has 0 radical (unpaired) electrons. The van der Waals surface area contributed by atoms with Crippen molar-refractivity contribution in [2.75, 3.05) is 11.1 Å². The predicted octanol–water partition coefficient (Wildman–Crippen LogP) is 5.41. The van der Waals surface area contributed by atoms with Crippen LogP contribution in [-0.2, 0) is 17.5 Å². The van der Waals surface area contributed by atoms with Crippen molar-refractivity contribution in [1.82, 2.24) is 14.8 Å². The molecule has 0 saturated heterocycles. The molecule has 0 bridgehead atoms. The van der Waals surface area contributed by atoms with Crippen LogP contribution in [0.5, 0.6) is 0 Å².